The summed E-state index contributed by atoms with van der Waals surface area (Å²) in [5.41, 5.74) is 0.965. The molecule has 1 aromatic carbocycles. The van der Waals surface area contributed by atoms with Crippen molar-refractivity contribution < 1.29 is 9.13 Å². The predicted octanol–water partition coefficient (Wildman–Crippen LogP) is 2.98. The van der Waals surface area contributed by atoms with Crippen LogP contribution in [0.4, 0.5) is 4.39 Å². The van der Waals surface area contributed by atoms with E-state index in [-0.39, 0.29) is 5.82 Å². The topological polar surface area (TPSA) is 21.3 Å². The third kappa shape index (κ3) is 7.08. The van der Waals surface area contributed by atoms with Gasteiger partial charge in [0.1, 0.15) is 5.82 Å². The SMILES string of the molecule is CC(C)CCOCCNCc1cccc(F)c1. The van der Waals surface area contributed by atoms with Gasteiger partial charge in [-0.05, 0) is 30.0 Å². The van der Waals surface area contributed by atoms with Crippen LogP contribution in [0.1, 0.15) is 25.8 Å². The van der Waals surface area contributed by atoms with Gasteiger partial charge >= 0.3 is 0 Å². The van der Waals surface area contributed by atoms with Gasteiger partial charge in [-0.2, -0.15) is 0 Å². The Morgan fingerprint density at radius 3 is 2.82 bits per heavy atom. The first-order chi connectivity index (χ1) is 8.18. The number of halogens is 1. The lowest BCUT2D eigenvalue weighted by Crippen LogP contribution is -2.19. The molecule has 0 aromatic heterocycles. The lowest BCUT2D eigenvalue weighted by Gasteiger charge is -2.07. The van der Waals surface area contributed by atoms with E-state index in [9.17, 15) is 4.39 Å². The second-order valence-corrected chi connectivity index (χ2v) is 4.60. The van der Waals surface area contributed by atoms with E-state index in [1.54, 1.807) is 12.1 Å². The molecule has 0 radical (unpaired) electrons. The van der Waals surface area contributed by atoms with E-state index in [4.69, 9.17) is 4.74 Å². The van der Waals surface area contributed by atoms with E-state index in [0.29, 0.717) is 19.1 Å². The summed E-state index contributed by atoms with van der Waals surface area (Å²) in [6.45, 7) is 7.39. The predicted molar refractivity (Wildman–Crippen MR) is 68.4 cm³/mol. The second kappa shape index (κ2) is 8.20. The third-order valence-electron chi connectivity index (χ3n) is 2.48. The molecule has 1 aromatic rings. The average molecular weight is 239 g/mol. The summed E-state index contributed by atoms with van der Waals surface area (Å²) in [6.07, 6.45) is 1.10. The van der Waals surface area contributed by atoms with Crippen molar-refractivity contribution in [3.05, 3.63) is 35.6 Å². The van der Waals surface area contributed by atoms with Crippen LogP contribution in [0.5, 0.6) is 0 Å². The summed E-state index contributed by atoms with van der Waals surface area (Å²) >= 11 is 0. The van der Waals surface area contributed by atoms with Crippen molar-refractivity contribution >= 4 is 0 Å². The van der Waals surface area contributed by atoms with Crippen molar-refractivity contribution in [1.29, 1.82) is 0 Å². The fourth-order valence-electron chi connectivity index (χ4n) is 1.45. The summed E-state index contributed by atoms with van der Waals surface area (Å²) in [5.74, 6) is 0.507. The van der Waals surface area contributed by atoms with Gasteiger partial charge in [0.25, 0.3) is 0 Å². The standard InChI is InChI=1S/C14H22FNO/c1-12(2)6-8-17-9-7-16-11-13-4-3-5-14(15)10-13/h3-5,10,12,16H,6-9,11H2,1-2H3. The van der Waals surface area contributed by atoms with E-state index in [1.165, 1.54) is 6.07 Å². The maximum absolute atomic E-state index is 12.9. The molecule has 0 saturated carbocycles. The number of nitrogens with one attached hydrogen (secondary N) is 1. The van der Waals surface area contributed by atoms with Crippen LogP contribution in [0.25, 0.3) is 0 Å². The molecule has 0 amide bonds. The molecule has 0 aliphatic carbocycles. The van der Waals surface area contributed by atoms with E-state index in [1.807, 2.05) is 6.07 Å². The van der Waals surface area contributed by atoms with Gasteiger partial charge in [-0.15, -0.1) is 0 Å². The fraction of sp³-hybridized carbons (Fsp3) is 0.571. The van der Waals surface area contributed by atoms with E-state index >= 15 is 0 Å². The van der Waals surface area contributed by atoms with Crippen molar-refractivity contribution in [1.82, 2.24) is 5.32 Å². The first-order valence-corrected chi connectivity index (χ1v) is 6.21. The minimum absolute atomic E-state index is 0.183. The van der Waals surface area contributed by atoms with E-state index in [0.717, 1.165) is 25.1 Å². The molecular weight excluding hydrogens is 217 g/mol. The number of hydrogen-bond acceptors (Lipinski definition) is 2. The van der Waals surface area contributed by atoms with Gasteiger partial charge in [-0.3, -0.25) is 0 Å². The highest BCUT2D eigenvalue weighted by Crippen LogP contribution is 2.02. The van der Waals surface area contributed by atoms with Crippen LogP contribution >= 0.6 is 0 Å². The van der Waals surface area contributed by atoms with Crippen molar-refractivity contribution in [2.45, 2.75) is 26.8 Å². The molecule has 0 saturated heterocycles. The van der Waals surface area contributed by atoms with Crippen LogP contribution in [-0.4, -0.2) is 19.8 Å². The maximum Gasteiger partial charge on any atom is 0.123 e. The van der Waals surface area contributed by atoms with Crippen LogP contribution in [0.2, 0.25) is 0 Å². The molecule has 0 spiro atoms. The normalized spacial score (nSPS) is 11.1. The zero-order valence-corrected chi connectivity index (χ0v) is 10.7. The molecular formula is C14H22FNO. The van der Waals surface area contributed by atoms with Gasteiger partial charge < -0.3 is 10.1 Å². The molecule has 1 rings (SSSR count). The lowest BCUT2D eigenvalue weighted by molar-refractivity contribution is 0.125. The summed E-state index contributed by atoms with van der Waals surface area (Å²) in [4.78, 5) is 0. The number of ether oxygens (including phenoxy) is 1. The minimum atomic E-state index is -0.183. The molecule has 96 valence electrons. The third-order valence-corrected chi connectivity index (χ3v) is 2.48. The quantitative estimate of drug-likeness (QED) is 0.704. The summed E-state index contributed by atoms with van der Waals surface area (Å²) in [7, 11) is 0. The molecule has 0 atom stereocenters. The Bertz CT molecular complexity index is 315. The number of benzene rings is 1. The molecule has 2 nitrogen and oxygen atoms in total. The number of rotatable bonds is 8. The molecule has 0 fully saturated rings. The van der Waals surface area contributed by atoms with Gasteiger partial charge in [0, 0.05) is 19.7 Å². The summed E-state index contributed by atoms with van der Waals surface area (Å²) in [5, 5.41) is 3.23. The summed E-state index contributed by atoms with van der Waals surface area (Å²) < 4.78 is 18.3. The van der Waals surface area contributed by atoms with Gasteiger partial charge in [-0.25, -0.2) is 4.39 Å². The Balaban J connectivity index is 2.01. The van der Waals surface area contributed by atoms with Gasteiger partial charge in [-0.1, -0.05) is 26.0 Å². The second-order valence-electron chi connectivity index (χ2n) is 4.60. The minimum Gasteiger partial charge on any atom is -0.380 e. The van der Waals surface area contributed by atoms with Crippen molar-refractivity contribution in [2.24, 2.45) is 5.92 Å². The van der Waals surface area contributed by atoms with Gasteiger partial charge in [0.15, 0.2) is 0 Å². The largest absolute Gasteiger partial charge is 0.380 e. The van der Waals surface area contributed by atoms with E-state index in [2.05, 4.69) is 19.2 Å². The number of hydrogen-bond donors (Lipinski definition) is 1. The Morgan fingerprint density at radius 1 is 1.29 bits per heavy atom. The molecule has 17 heavy (non-hydrogen) atoms. The lowest BCUT2D eigenvalue weighted by atomic mass is 10.1. The smallest absolute Gasteiger partial charge is 0.123 e. The Hall–Kier alpha value is -0.930. The molecule has 0 heterocycles. The zero-order chi connectivity index (χ0) is 12.5. The first kappa shape index (κ1) is 14.1. The highest BCUT2D eigenvalue weighted by atomic mass is 19.1. The van der Waals surface area contributed by atoms with Crippen LogP contribution in [0.3, 0.4) is 0 Å². The van der Waals surface area contributed by atoms with Gasteiger partial charge in [0.05, 0.1) is 6.61 Å². The monoisotopic (exact) mass is 239 g/mol. The van der Waals surface area contributed by atoms with E-state index < -0.39 is 0 Å². The van der Waals surface area contributed by atoms with Crippen LogP contribution in [-0.2, 0) is 11.3 Å². The molecule has 0 aliphatic rings. The highest BCUT2D eigenvalue weighted by Gasteiger charge is 1.96. The first-order valence-electron chi connectivity index (χ1n) is 6.21. The summed E-state index contributed by atoms with van der Waals surface area (Å²) in [6, 6.07) is 6.65. The van der Waals surface area contributed by atoms with Gasteiger partial charge in [0.2, 0.25) is 0 Å². The van der Waals surface area contributed by atoms with Crippen LogP contribution in [0.15, 0.2) is 24.3 Å². The van der Waals surface area contributed by atoms with Crippen LogP contribution in [0, 0.1) is 11.7 Å². The average Bonchev–Trinajstić information content (AvgIpc) is 2.27. The molecule has 3 heteroatoms. The van der Waals surface area contributed by atoms with Crippen molar-refractivity contribution in [3.8, 4) is 0 Å². The Labute approximate surface area is 103 Å². The zero-order valence-electron chi connectivity index (χ0n) is 10.7. The Kier molecular flexibility index (Phi) is 6.82. The molecule has 0 aliphatic heterocycles. The fourth-order valence-corrected chi connectivity index (χ4v) is 1.45. The maximum atomic E-state index is 12.9. The Morgan fingerprint density at radius 2 is 2.12 bits per heavy atom. The molecule has 1 N–H and O–H groups in total. The highest BCUT2D eigenvalue weighted by molar-refractivity contribution is 5.15. The molecule has 0 bridgehead atoms. The molecule has 0 unspecified atom stereocenters. The van der Waals surface area contributed by atoms with Crippen molar-refractivity contribution in [3.63, 3.8) is 0 Å². The van der Waals surface area contributed by atoms with Crippen LogP contribution < -0.4 is 5.32 Å². The van der Waals surface area contributed by atoms with Crippen molar-refractivity contribution in [2.75, 3.05) is 19.8 Å².